The summed E-state index contributed by atoms with van der Waals surface area (Å²) in [5.41, 5.74) is 2.10. The van der Waals surface area contributed by atoms with Gasteiger partial charge in [0.2, 0.25) is 5.91 Å². The number of thioether (sulfide) groups is 1. The van der Waals surface area contributed by atoms with Gasteiger partial charge < -0.3 is 5.11 Å². The number of carbonyl (C=O) groups excluding carboxylic acids is 1. The zero-order valence-corrected chi connectivity index (χ0v) is 9.80. The van der Waals surface area contributed by atoms with Gasteiger partial charge in [-0.1, -0.05) is 13.8 Å². The minimum absolute atomic E-state index is 0.137. The van der Waals surface area contributed by atoms with E-state index >= 15 is 0 Å². The summed E-state index contributed by atoms with van der Waals surface area (Å²) < 4.78 is 0. The monoisotopic (exact) mass is 220 g/mol. The fourth-order valence-corrected chi connectivity index (χ4v) is 2.17. The number of nitrogens with two attached hydrogens (primary N) is 1. The van der Waals surface area contributed by atoms with Crippen LogP contribution in [0.15, 0.2) is 0 Å². The zero-order chi connectivity index (χ0) is 11.1. The van der Waals surface area contributed by atoms with E-state index in [0.29, 0.717) is 11.7 Å². The van der Waals surface area contributed by atoms with Gasteiger partial charge in [-0.25, -0.2) is 5.84 Å². The molecule has 0 spiro atoms. The number of amides is 1. The van der Waals surface area contributed by atoms with Gasteiger partial charge in [0.15, 0.2) is 0 Å². The number of hydrogen-bond donors (Lipinski definition) is 3. The van der Waals surface area contributed by atoms with Crippen molar-refractivity contribution in [1.29, 1.82) is 0 Å². The predicted octanol–water partition coefficient (Wildman–Crippen LogP) is 0.648. The van der Waals surface area contributed by atoms with Crippen LogP contribution in [0.3, 0.4) is 0 Å². The van der Waals surface area contributed by atoms with E-state index < -0.39 is 0 Å². The van der Waals surface area contributed by atoms with Crippen molar-refractivity contribution in [2.24, 2.45) is 5.84 Å². The second-order valence-electron chi connectivity index (χ2n) is 3.50. The van der Waals surface area contributed by atoms with Crippen LogP contribution in [0.1, 0.15) is 33.6 Å². The molecule has 0 aliphatic carbocycles. The molecular weight excluding hydrogens is 200 g/mol. The number of aliphatic hydroxyl groups excluding tert-OH is 1. The molecule has 3 atom stereocenters. The third kappa shape index (κ3) is 6.23. The fourth-order valence-electron chi connectivity index (χ4n) is 0.955. The standard InChI is InChI=1S/C9H20N2O2S/c1-6(4-5-9(13)11-10)14-8(3)7(2)12/h6-8,12H,4-5,10H2,1-3H3,(H,11,13). The minimum Gasteiger partial charge on any atom is -0.392 e. The predicted molar refractivity (Wildman–Crippen MR) is 59.8 cm³/mol. The van der Waals surface area contributed by atoms with E-state index in [1.54, 1.807) is 18.7 Å². The molecule has 0 bridgehead atoms. The van der Waals surface area contributed by atoms with Crippen LogP contribution in [0.2, 0.25) is 0 Å². The number of aliphatic hydroxyl groups is 1. The van der Waals surface area contributed by atoms with Gasteiger partial charge in [0.05, 0.1) is 6.10 Å². The highest BCUT2D eigenvalue weighted by Gasteiger charge is 2.14. The van der Waals surface area contributed by atoms with Gasteiger partial charge in [-0.2, -0.15) is 11.8 Å². The first-order chi connectivity index (χ1) is 6.47. The van der Waals surface area contributed by atoms with E-state index in [1.807, 2.05) is 13.8 Å². The van der Waals surface area contributed by atoms with Crippen molar-refractivity contribution >= 4 is 17.7 Å². The van der Waals surface area contributed by atoms with Crippen molar-refractivity contribution in [2.75, 3.05) is 0 Å². The van der Waals surface area contributed by atoms with Crippen LogP contribution < -0.4 is 11.3 Å². The van der Waals surface area contributed by atoms with Crippen LogP contribution in [0.4, 0.5) is 0 Å². The molecule has 0 fully saturated rings. The lowest BCUT2D eigenvalue weighted by atomic mass is 10.2. The molecule has 0 aliphatic heterocycles. The van der Waals surface area contributed by atoms with Crippen molar-refractivity contribution in [1.82, 2.24) is 5.43 Å². The van der Waals surface area contributed by atoms with Crippen molar-refractivity contribution in [3.05, 3.63) is 0 Å². The van der Waals surface area contributed by atoms with Crippen LogP contribution in [0.5, 0.6) is 0 Å². The molecule has 0 aliphatic rings. The molecule has 0 aromatic carbocycles. The zero-order valence-electron chi connectivity index (χ0n) is 8.99. The lowest BCUT2D eigenvalue weighted by Gasteiger charge is -2.18. The molecule has 0 saturated carbocycles. The molecule has 4 nitrogen and oxygen atoms in total. The van der Waals surface area contributed by atoms with Gasteiger partial charge in [0, 0.05) is 16.9 Å². The smallest absolute Gasteiger partial charge is 0.233 e. The largest absolute Gasteiger partial charge is 0.392 e. The maximum Gasteiger partial charge on any atom is 0.233 e. The third-order valence-electron chi connectivity index (χ3n) is 2.07. The minimum atomic E-state index is -0.314. The maximum absolute atomic E-state index is 10.8. The van der Waals surface area contributed by atoms with Gasteiger partial charge in [-0.3, -0.25) is 10.2 Å². The molecule has 0 aromatic heterocycles. The molecule has 0 radical (unpaired) electrons. The second-order valence-corrected chi connectivity index (χ2v) is 5.32. The van der Waals surface area contributed by atoms with E-state index in [9.17, 15) is 9.90 Å². The lowest BCUT2D eigenvalue weighted by molar-refractivity contribution is -0.121. The third-order valence-corrected chi connectivity index (χ3v) is 3.59. The first-order valence-electron chi connectivity index (χ1n) is 4.80. The molecule has 3 unspecified atom stereocenters. The Labute approximate surface area is 89.6 Å². The van der Waals surface area contributed by atoms with Gasteiger partial charge in [-0.05, 0) is 13.3 Å². The van der Waals surface area contributed by atoms with Gasteiger partial charge >= 0.3 is 0 Å². The number of rotatable bonds is 6. The highest BCUT2D eigenvalue weighted by atomic mass is 32.2. The van der Waals surface area contributed by atoms with E-state index in [4.69, 9.17) is 5.84 Å². The summed E-state index contributed by atoms with van der Waals surface area (Å²) in [4.78, 5) is 10.8. The van der Waals surface area contributed by atoms with Crippen molar-refractivity contribution < 1.29 is 9.90 Å². The number of hydrogen-bond acceptors (Lipinski definition) is 4. The SMILES string of the molecule is CC(CCC(=O)NN)SC(C)C(C)O. The number of nitrogens with one attached hydrogen (secondary N) is 1. The summed E-state index contributed by atoms with van der Waals surface area (Å²) in [5, 5.41) is 9.83. The molecule has 5 heteroatoms. The lowest BCUT2D eigenvalue weighted by Crippen LogP contribution is -2.30. The Bertz CT molecular complexity index is 176. The summed E-state index contributed by atoms with van der Waals surface area (Å²) >= 11 is 1.69. The van der Waals surface area contributed by atoms with Crippen LogP contribution >= 0.6 is 11.8 Å². The molecule has 14 heavy (non-hydrogen) atoms. The number of carbonyl (C=O) groups is 1. The summed E-state index contributed by atoms with van der Waals surface area (Å²) in [5.74, 6) is 4.82. The number of hydrazine groups is 1. The Morgan fingerprint density at radius 2 is 2.07 bits per heavy atom. The van der Waals surface area contributed by atoms with Crippen LogP contribution in [0, 0.1) is 0 Å². The summed E-state index contributed by atoms with van der Waals surface area (Å²) in [6, 6.07) is 0. The molecule has 0 rings (SSSR count). The summed E-state index contributed by atoms with van der Waals surface area (Å²) in [6.07, 6.45) is 0.910. The van der Waals surface area contributed by atoms with Crippen LogP contribution in [-0.4, -0.2) is 27.6 Å². The quantitative estimate of drug-likeness (QED) is 0.349. The Kier molecular flexibility index (Phi) is 6.96. The van der Waals surface area contributed by atoms with Gasteiger partial charge in [0.25, 0.3) is 0 Å². The first kappa shape index (κ1) is 13.7. The van der Waals surface area contributed by atoms with E-state index in [0.717, 1.165) is 6.42 Å². The topological polar surface area (TPSA) is 75.4 Å². The summed E-state index contributed by atoms with van der Waals surface area (Å²) in [6.45, 7) is 5.80. The molecule has 4 N–H and O–H groups in total. The molecule has 0 heterocycles. The molecular formula is C9H20N2O2S. The average molecular weight is 220 g/mol. The van der Waals surface area contributed by atoms with Crippen molar-refractivity contribution in [3.8, 4) is 0 Å². The molecule has 84 valence electrons. The maximum atomic E-state index is 10.8. The fraction of sp³-hybridized carbons (Fsp3) is 0.889. The van der Waals surface area contributed by atoms with Gasteiger partial charge in [-0.15, -0.1) is 0 Å². The highest BCUT2D eigenvalue weighted by molar-refractivity contribution is 8.00. The second kappa shape index (κ2) is 7.09. The van der Waals surface area contributed by atoms with Crippen LogP contribution in [0.25, 0.3) is 0 Å². The van der Waals surface area contributed by atoms with E-state index in [2.05, 4.69) is 5.43 Å². The highest BCUT2D eigenvalue weighted by Crippen LogP contribution is 2.23. The van der Waals surface area contributed by atoms with Crippen molar-refractivity contribution in [3.63, 3.8) is 0 Å². The Hall–Kier alpha value is -0.260. The van der Waals surface area contributed by atoms with Crippen molar-refractivity contribution in [2.45, 2.75) is 50.2 Å². The Morgan fingerprint density at radius 1 is 1.50 bits per heavy atom. The molecule has 0 aromatic rings. The van der Waals surface area contributed by atoms with Crippen LogP contribution in [-0.2, 0) is 4.79 Å². The normalized spacial score (nSPS) is 17.2. The Balaban J connectivity index is 3.64. The molecule has 1 amide bonds. The first-order valence-corrected chi connectivity index (χ1v) is 5.74. The van der Waals surface area contributed by atoms with Gasteiger partial charge in [0.1, 0.15) is 0 Å². The van der Waals surface area contributed by atoms with E-state index in [-0.39, 0.29) is 17.3 Å². The molecule has 0 saturated heterocycles. The Morgan fingerprint density at radius 3 is 2.50 bits per heavy atom. The van der Waals surface area contributed by atoms with E-state index in [1.165, 1.54) is 0 Å². The average Bonchev–Trinajstić information content (AvgIpc) is 2.13. The summed E-state index contributed by atoms with van der Waals surface area (Å²) in [7, 11) is 0.